The van der Waals surface area contributed by atoms with Gasteiger partial charge in [-0.3, -0.25) is 14.4 Å². The highest BCUT2D eigenvalue weighted by atomic mass is 16.4. The number of phenols is 1. The number of carboxylic acids is 1. The quantitative estimate of drug-likeness (QED) is 0.0660. The second-order valence-corrected chi connectivity index (χ2v) is 12.4. The molecule has 5 rings (SSSR count). The van der Waals surface area contributed by atoms with Crippen molar-refractivity contribution in [3.63, 3.8) is 0 Å². The van der Waals surface area contributed by atoms with Crippen LogP contribution in [0.1, 0.15) is 36.0 Å². The highest BCUT2D eigenvalue weighted by molar-refractivity contribution is 5.95. The first-order chi connectivity index (χ1) is 24.1. The summed E-state index contributed by atoms with van der Waals surface area (Å²) in [6, 6.07) is 16.8. The maximum Gasteiger partial charge on any atom is 0.326 e. The number of hydrogen-bond donors (Lipinski definition) is 9. The van der Waals surface area contributed by atoms with Crippen LogP contribution in [-0.2, 0) is 38.4 Å². The molecule has 3 amide bonds. The van der Waals surface area contributed by atoms with E-state index in [-0.39, 0.29) is 31.4 Å². The Balaban J connectivity index is 1.39. The Bertz CT molecular complexity index is 1940. The van der Waals surface area contributed by atoms with Crippen LogP contribution in [0.3, 0.4) is 0 Å². The van der Waals surface area contributed by atoms with Gasteiger partial charge in [0.2, 0.25) is 17.7 Å². The molecule has 11 N–H and O–H groups in total. The summed E-state index contributed by atoms with van der Waals surface area (Å²) in [6.45, 7) is 0.384. The summed E-state index contributed by atoms with van der Waals surface area (Å²) < 4.78 is 0. The molecule has 0 saturated carbocycles. The van der Waals surface area contributed by atoms with Crippen LogP contribution in [0, 0.1) is 0 Å². The maximum atomic E-state index is 14.1. The minimum atomic E-state index is -1.22. The molecule has 2 aromatic heterocycles. The SMILES string of the molecule is NCCCCC(NC(=O)C(Cc1ccc(O)cc1)NC(=O)C(Cc1c[nH]c2ccccc12)NC(=O)C(N)Cc1c[nH]c2ccccc12)C(=O)O. The lowest BCUT2D eigenvalue weighted by molar-refractivity contribution is -0.142. The fraction of sp³-hybridized carbons (Fsp3) is 0.297. The van der Waals surface area contributed by atoms with E-state index in [4.69, 9.17) is 11.5 Å². The van der Waals surface area contributed by atoms with Gasteiger partial charge >= 0.3 is 5.97 Å². The third kappa shape index (κ3) is 9.07. The van der Waals surface area contributed by atoms with Gasteiger partial charge in [-0.15, -0.1) is 0 Å². The van der Waals surface area contributed by atoms with Gasteiger partial charge in [0.1, 0.15) is 23.9 Å². The van der Waals surface area contributed by atoms with Crippen molar-refractivity contribution in [3.05, 3.63) is 102 Å². The minimum Gasteiger partial charge on any atom is -0.508 e. The Morgan fingerprint density at radius 3 is 1.76 bits per heavy atom. The van der Waals surface area contributed by atoms with Crippen molar-refractivity contribution in [2.75, 3.05) is 6.54 Å². The number of aromatic hydroxyl groups is 1. The van der Waals surface area contributed by atoms with E-state index in [0.717, 1.165) is 32.9 Å². The van der Waals surface area contributed by atoms with E-state index in [2.05, 4.69) is 25.9 Å². The second-order valence-electron chi connectivity index (χ2n) is 12.4. The fourth-order valence-corrected chi connectivity index (χ4v) is 6.01. The Morgan fingerprint density at radius 1 is 0.660 bits per heavy atom. The van der Waals surface area contributed by atoms with Crippen LogP contribution in [0.4, 0.5) is 0 Å². The molecular weight excluding hydrogens is 638 g/mol. The number of carbonyl (C=O) groups is 4. The molecule has 0 bridgehead atoms. The third-order valence-corrected chi connectivity index (χ3v) is 8.75. The van der Waals surface area contributed by atoms with Crippen LogP contribution in [0.5, 0.6) is 5.75 Å². The van der Waals surface area contributed by atoms with Gasteiger partial charge in [0.15, 0.2) is 0 Å². The normalized spacial score (nSPS) is 13.7. The lowest BCUT2D eigenvalue weighted by atomic mass is 10.0. The van der Waals surface area contributed by atoms with Gasteiger partial charge in [0.05, 0.1) is 6.04 Å². The first kappa shape index (κ1) is 35.6. The summed E-state index contributed by atoms with van der Waals surface area (Å²) in [6.07, 6.45) is 5.08. The van der Waals surface area contributed by atoms with Crippen molar-refractivity contribution in [1.29, 1.82) is 0 Å². The van der Waals surface area contributed by atoms with E-state index < -0.39 is 47.9 Å². The number of H-pyrrole nitrogens is 2. The Labute approximate surface area is 288 Å². The lowest BCUT2D eigenvalue weighted by Crippen LogP contribution is -2.58. The monoisotopic (exact) mass is 681 g/mol. The van der Waals surface area contributed by atoms with Gasteiger partial charge in [-0.2, -0.15) is 0 Å². The number of benzene rings is 3. The first-order valence-corrected chi connectivity index (χ1v) is 16.6. The topological polar surface area (TPSA) is 228 Å². The third-order valence-electron chi connectivity index (χ3n) is 8.75. The molecule has 5 aromatic rings. The molecule has 262 valence electrons. The lowest BCUT2D eigenvalue weighted by Gasteiger charge is -2.25. The molecule has 0 aliphatic rings. The maximum absolute atomic E-state index is 14.1. The van der Waals surface area contributed by atoms with E-state index >= 15 is 0 Å². The predicted molar refractivity (Wildman–Crippen MR) is 190 cm³/mol. The predicted octanol–water partition coefficient (Wildman–Crippen LogP) is 2.38. The number of amides is 3. The van der Waals surface area contributed by atoms with Crippen molar-refractivity contribution in [1.82, 2.24) is 25.9 Å². The molecule has 0 saturated heterocycles. The van der Waals surface area contributed by atoms with Gasteiger partial charge in [-0.05, 0) is 73.2 Å². The zero-order valence-electron chi connectivity index (χ0n) is 27.5. The molecule has 0 radical (unpaired) electrons. The average Bonchev–Trinajstić information content (AvgIpc) is 3.71. The number of hydrogen-bond acceptors (Lipinski definition) is 7. The zero-order valence-corrected chi connectivity index (χ0v) is 27.5. The molecule has 4 atom stereocenters. The summed E-state index contributed by atoms with van der Waals surface area (Å²) in [5, 5.41) is 29.5. The average molecular weight is 682 g/mol. The van der Waals surface area contributed by atoms with Crippen LogP contribution < -0.4 is 27.4 Å². The highest BCUT2D eigenvalue weighted by Gasteiger charge is 2.31. The molecule has 50 heavy (non-hydrogen) atoms. The van der Waals surface area contributed by atoms with Crippen LogP contribution >= 0.6 is 0 Å². The van der Waals surface area contributed by atoms with Gasteiger partial charge in [-0.1, -0.05) is 48.5 Å². The van der Waals surface area contributed by atoms with Crippen LogP contribution in [0.2, 0.25) is 0 Å². The van der Waals surface area contributed by atoms with Crippen LogP contribution in [0.25, 0.3) is 21.8 Å². The number of nitrogens with two attached hydrogens (primary N) is 2. The number of aromatic amines is 2. The molecule has 2 heterocycles. The molecule has 0 fully saturated rings. The number of aromatic nitrogens is 2. The number of unbranched alkanes of at least 4 members (excludes halogenated alkanes) is 1. The molecule has 3 aromatic carbocycles. The van der Waals surface area contributed by atoms with Crippen molar-refractivity contribution in [2.45, 2.75) is 62.7 Å². The zero-order chi connectivity index (χ0) is 35.6. The molecular formula is C37H43N7O6. The number of phenolic OH excluding ortho intramolecular Hbond substituents is 1. The second kappa shape index (κ2) is 16.6. The van der Waals surface area contributed by atoms with Crippen LogP contribution in [-0.4, -0.2) is 74.6 Å². The van der Waals surface area contributed by atoms with Gasteiger partial charge in [-0.25, -0.2) is 4.79 Å². The number of aliphatic carboxylic acids is 1. The summed E-state index contributed by atoms with van der Waals surface area (Å²) in [7, 11) is 0. The van der Waals surface area contributed by atoms with Gasteiger partial charge < -0.3 is 47.6 Å². The highest BCUT2D eigenvalue weighted by Crippen LogP contribution is 2.21. The number of rotatable bonds is 17. The molecule has 0 aliphatic carbocycles. The molecule has 0 aliphatic heterocycles. The Hall–Kier alpha value is -5.66. The van der Waals surface area contributed by atoms with E-state index in [9.17, 15) is 29.4 Å². The Kier molecular flexibility index (Phi) is 11.9. The summed E-state index contributed by atoms with van der Waals surface area (Å²) in [5.41, 5.74) is 15.9. The molecule has 0 spiro atoms. The number of para-hydroxylation sites is 2. The minimum absolute atomic E-state index is 0.0131. The number of fused-ring (bicyclic) bond motifs is 2. The van der Waals surface area contributed by atoms with E-state index in [0.29, 0.717) is 24.9 Å². The van der Waals surface area contributed by atoms with Crippen molar-refractivity contribution >= 4 is 45.5 Å². The van der Waals surface area contributed by atoms with Crippen molar-refractivity contribution in [2.24, 2.45) is 11.5 Å². The van der Waals surface area contributed by atoms with E-state index in [1.165, 1.54) is 12.1 Å². The smallest absolute Gasteiger partial charge is 0.326 e. The Morgan fingerprint density at radius 2 is 1.18 bits per heavy atom. The van der Waals surface area contributed by atoms with E-state index in [1.807, 2.05) is 48.5 Å². The van der Waals surface area contributed by atoms with E-state index in [1.54, 1.807) is 24.5 Å². The van der Waals surface area contributed by atoms with Crippen LogP contribution in [0.15, 0.2) is 85.2 Å². The van der Waals surface area contributed by atoms with Crippen molar-refractivity contribution in [3.8, 4) is 5.75 Å². The first-order valence-electron chi connectivity index (χ1n) is 16.6. The summed E-state index contributed by atoms with van der Waals surface area (Å²) in [5.74, 6) is -3.11. The van der Waals surface area contributed by atoms with Gasteiger partial charge in [0, 0.05) is 47.0 Å². The van der Waals surface area contributed by atoms with Crippen molar-refractivity contribution < 1.29 is 29.4 Å². The fourth-order valence-electron chi connectivity index (χ4n) is 6.01. The summed E-state index contributed by atoms with van der Waals surface area (Å²) >= 11 is 0. The molecule has 13 nitrogen and oxygen atoms in total. The largest absolute Gasteiger partial charge is 0.508 e. The summed E-state index contributed by atoms with van der Waals surface area (Å²) in [4.78, 5) is 59.7. The van der Waals surface area contributed by atoms with Gasteiger partial charge in [0.25, 0.3) is 0 Å². The number of carboxylic acid groups (broad SMARTS) is 1. The standard InChI is InChI=1S/C37H43N7O6/c38-16-6-5-11-31(37(49)50)42-35(47)32(17-22-12-14-25(45)15-13-22)44-36(48)33(19-24-21-41-30-10-4-2-8-27(24)30)43-34(46)28(39)18-23-20-40-29-9-3-1-7-26(23)29/h1-4,7-10,12-15,20-21,28,31-33,40-41,45H,5-6,11,16-19,38-39H2,(H,42,47)(H,43,46)(H,44,48)(H,49,50). The number of nitrogens with one attached hydrogen (secondary N) is 5. The number of carbonyl (C=O) groups excluding carboxylic acids is 3. The molecule has 4 unspecified atom stereocenters. The molecule has 13 heteroatoms.